The second kappa shape index (κ2) is 5.77. The largest absolute Gasteiger partial charge is 0.395 e. The Bertz CT molecular complexity index is 565. The SMILES string of the molecule is Cc1ccccc1CC(C)(CO)c1ccccc1Cl. The highest BCUT2D eigenvalue weighted by Crippen LogP contribution is 2.33. The van der Waals surface area contributed by atoms with Gasteiger partial charge in [0.15, 0.2) is 0 Å². The lowest BCUT2D eigenvalue weighted by Gasteiger charge is -2.29. The fourth-order valence-electron chi connectivity index (χ4n) is 2.42. The zero-order valence-electron chi connectivity index (χ0n) is 11.4. The standard InChI is InChI=1S/C17H19ClO/c1-13-7-3-4-8-14(13)11-17(2,12-19)15-9-5-6-10-16(15)18/h3-10,19H,11-12H2,1-2H3. The highest BCUT2D eigenvalue weighted by Gasteiger charge is 2.28. The molecule has 0 aliphatic carbocycles. The molecule has 0 spiro atoms. The molecular formula is C17H19ClO. The summed E-state index contributed by atoms with van der Waals surface area (Å²) in [7, 11) is 0. The van der Waals surface area contributed by atoms with Crippen LogP contribution in [0.5, 0.6) is 0 Å². The number of aryl methyl sites for hydroxylation is 1. The van der Waals surface area contributed by atoms with Gasteiger partial charge in [0.1, 0.15) is 0 Å². The van der Waals surface area contributed by atoms with Crippen LogP contribution in [0.15, 0.2) is 48.5 Å². The third-order valence-corrected chi connectivity index (χ3v) is 4.04. The van der Waals surface area contributed by atoms with Crippen molar-refractivity contribution in [3.8, 4) is 0 Å². The van der Waals surface area contributed by atoms with Gasteiger partial charge in [-0.15, -0.1) is 0 Å². The van der Waals surface area contributed by atoms with Gasteiger partial charge >= 0.3 is 0 Å². The van der Waals surface area contributed by atoms with Gasteiger partial charge in [-0.25, -0.2) is 0 Å². The van der Waals surface area contributed by atoms with Gasteiger partial charge in [-0.05, 0) is 36.1 Å². The van der Waals surface area contributed by atoms with E-state index in [4.69, 9.17) is 11.6 Å². The lowest BCUT2D eigenvalue weighted by atomic mass is 9.77. The Labute approximate surface area is 119 Å². The van der Waals surface area contributed by atoms with E-state index in [0.29, 0.717) is 5.02 Å². The topological polar surface area (TPSA) is 20.2 Å². The molecule has 0 radical (unpaired) electrons. The van der Waals surface area contributed by atoms with Gasteiger partial charge in [0.25, 0.3) is 0 Å². The maximum Gasteiger partial charge on any atom is 0.0529 e. The highest BCUT2D eigenvalue weighted by atomic mass is 35.5. The highest BCUT2D eigenvalue weighted by molar-refractivity contribution is 6.31. The van der Waals surface area contributed by atoms with Gasteiger partial charge in [-0.2, -0.15) is 0 Å². The predicted octanol–water partition coefficient (Wildman–Crippen LogP) is 4.14. The van der Waals surface area contributed by atoms with Crippen molar-refractivity contribution in [1.82, 2.24) is 0 Å². The zero-order valence-corrected chi connectivity index (χ0v) is 12.1. The average Bonchev–Trinajstić information content (AvgIpc) is 2.42. The van der Waals surface area contributed by atoms with Crippen LogP contribution in [0.4, 0.5) is 0 Å². The summed E-state index contributed by atoms with van der Waals surface area (Å²) in [6.07, 6.45) is 0.778. The fourth-order valence-corrected chi connectivity index (χ4v) is 2.78. The molecule has 1 atom stereocenters. The first-order chi connectivity index (χ1) is 9.07. The van der Waals surface area contributed by atoms with E-state index in [0.717, 1.165) is 12.0 Å². The molecule has 2 aromatic carbocycles. The van der Waals surface area contributed by atoms with E-state index in [-0.39, 0.29) is 12.0 Å². The van der Waals surface area contributed by atoms with Gasteiger partial charge in [0.05, 0.1) is 6.61 Å². The molecule has 2 heteroatoms. The summed E-state index contributed by atoms with van der Waals surface area (Å²) in [4.78, 5) is 0. The molecular weight excluding hydrogens is 256 g/mol. The van der Waals surface area contributed by atoms with E-state index in [1.54, 1.807) is 0 Å². The maximum atomic E-state index is 9.86. The van der Waals surface area contributed by atoms with Gasteiger partial charge < -0.3 is 5.11 Å². The van der Waals surface area contributed by atoms with Crippen LogP contribution in [0, 0.1) is 6.92 Å². The molecule has 0 heterocycles. The van der Waals surface area contributed by atoms with E-state index in [1.165, 1.54) is 11.1 Å². The number of benzene rings is 2. The van der Waals surface area contributed by atoms with Crippen molar-refractivity contribution in [3.63, 3.8) is 0 Å². The minimum Gasteiger partial charge on any atom is -0.395 e. The average molecular weight is 275 g/mol. The van der Waals surface area contributed by atoms with E-state index in [2.05, 4.69) is 26.0 Å². The van der Waals surface area contributed by atoms with Crippen molar-refractivity contribution in [3.05, 3.63) is 70.2 Å². The molecule has 0 aromatic heterocycles. The summed E-state index contributed by atoms with van der Waals surface area (Å²) < 4.78 is 0. The summed E-state index contributed by atoms with van der Waals surface area (Å²) in [6.45, 7) is 4.23. The molecule has 0 aliphatic heterocycles. The number of aliphatic hydroxyl groups is 1. The predicted molar refractivity (Wildman–Crippen MR) is 80.8 cm³/mol. The van der Waals surface area contributed by atoms with Crippen LogP contribution in [0.3, 0.4) is 0 Å². The molecule has 0 bridgehead atoms. The normalized spacial score (nSPS) is 14.1. The number of rotatable bonds is 4. The maximum absolute atomic E-state index is 9.86. The zero-order chi connectivity index (χ0) is 13.9. The molecule has 2 rings (SSSR count). The van der Waals surface area contributed by atoms with Crippen LogP contribution < -0.4 is 0 Å². The molecule has 1 N–H and O–H groups in total. The van der Waals surface area contributed by atoms with Crippen molar-refractivity contribution >= 4 is 11.6 Å². The Morgan fingerprint density at radius 3 is 2.32 bits per heavy atom. The Hall–Kier alpha value is -1.31. The number of halogens is 1. The third-order valence-electron chi connectivity index (χ3n) is 3.71. The van der Waals surface area contributed by atoms with E-state index in [9.17, 15) is 5.11 Å². The van der Waals surface area contributed by atoms with Crippen molar-refractivity contribution < 1.29 is 5.11 Å². The first kappa shape index (κ1) is 14.1. The quantitative estimate of drug-likeness (QED) is 0.888. The Morgan fingerprint density at radius 2 is 1.68 bits per heavy atom. The van der Waals surface area contributed by atoms with Crippen LogP contribution in [0.1, 0.15) is 23.6 Å². The van der Waals surface area contributed by atoms with Crippen LogP contribution in [-0.2, 0) is 11.8 Å². The number of aliphatic hydroxyl groups excluding tert-OH is 1. The van der Waals surface area contributed by atoms with Gasteiger partial charge in [-0.1, -0.05) is 61.0 Å². The summed E-state index contributed by atoms with van der Waals surface area (Å²) in [6, 6.07) is 16.0. The van der Waals surface area contributed by atoms with Crippen molar-refractivity contribution in [2.75, 3.05) is 6.61 Å². The Kier molecular flexibility index (Phi) is 4.28. The van der Waals surface area contributed by atoms with Crippen LogP contribution in [0.2, 0.25) is 5.02 Å². The van der Waals surface area contributed by atoms with Crippen molar-refractivity contribution in [2.45, 2.75) is 25.7 Å². The van der Waals surface area contributed by atoms with Crippen molar-refractivity contribution in [1.29, 1.82) is 0 Å². The lowest BCUT2D eigenvalue weighted by molar-refractivity contribution is 0.204. The second-order valence-electron chi connectivity index (χ2n) is 5.30. The van der Waals surface area contributed by atoms with Gasteiger partial charge in [0.2, 0.25) is 0 Å². The molecule has 0 aliphatic rings. The molecule has 19 heavy (non-hydrogen) atoms. The van der Waals surface area contributed by atoms with Gasteiger partial charge in [-0.3, -0.25) is 0 Å². The first-order valence-corrected chi connectivity index (χ1v) is 6.85. The summed E-state index contributed by atoms with van der Waals surface area (Å²) in [5.41, 5.74) is 3.14. The molecule has 0 amide bonds. The monoisotopic (exact) mass is 274 g/mol. The van der Waals surface area contributed by atoms with E-state index < -0.39 is 0 Å². The molecule has 100 valence electrons. The van der Waals surface area contributed by atoms with Gasteiger partial charge in [0, 0.05) is 10.4 Å². The number of hydrogen-bond donors (Lipinski definition) is 1. The van der Waals surface area contributed by atoms with Crippen LogP contribution in [-0.4, -0.2) is 11.7 Å². The van der Waals surface area contributed by atoms with Crippen LogP contribution >= 0.6 is 11.6 Å². The molecule has 0 saturated heterocycles. The molecule has 2 aromatic rings. The smallest absolute Gasteiger partial charge is 0.0529 e. The molecule has 1 nitrogen and oxygen atoms in total. The third kappa shape index (κ3) is 2.99. The van der Waals surface area contributed by atoms with E-state index in [1.807, 2.05) is 36.4 Å². The molecule has 1 unspecified atom stereocenters. The summed E-state index contributed by atoms with van der Waals surface area (Å²) in [5.74, 6) is 0. The second-order valence-corrected chi connectivity index (χ2v) is 5.71. The summed E-state index contributed by atoms with van der Waals surface area (Å²) in [5, 5.41) is 10.6. The van der Waals surface area contributed by atoms with E-state index >= 15 is 0 Å². The Morgan fingerprint density at radius 1 is 1.05 bits per heavy atom. The molecule has 0 fully saturated rings. The van der Waals surface area contributed by atoms with Crippen molar-refractivity contribution in [2.24, 2.45) is 0 Å². The number of hydrogen-bond acceptors (Lipinski definition) is 1. The minimum atomic E-state index is -0.357. The Balaban J connectivity index is 2.39. The minimum absolute atomic E-state index is 0.0745. The fraction of sp³-hybridized carbons (Fsp3) is 0.294. The first-order valence-electron chi connectivity index (χ1n) is 6.47. The van der Waals surface area contributed by atoms with Crippen LogP contribution in [0.25, 0.3) is 0 Å². The molecule has 0 saturated carbocycles. The lowest BCUT2D eigenvalue weighted by Crippen LogP contribution is -2.30. The summed E-state index contributed by atoms with van der Waals surface area (Å²) >= 11 is 6.28.